The van der Waals surface area contributed by atoms with Gasteiger partial charge in [0.2, 0.25) is 21.8 Å². The van der Waals surface area contributed by atoms with Gasteiger partial charge in [0.25, 0.3) is 5.91 Å². The molecule has 0 fully saturated rings. The van der Waals surface area contributed by atoms with Crippen LogP contribution in [0.25, 0.3) is 0 Å². The molecule has 11 heteroatoms. The normalized spacial score (nSPS) is 11.2. The number of ether oxygens (including phenoxy) is 1. The monoisotopic (exact) mass is 428 g/mol. The molecular formula is C18H28N4O6S. The largest absolute Gasteiger partial charge is 0.385 e. The van der Waals surface area contributed by atoms with Gasteiger partial charge in [0.1, 0.15) is 0 Å². The molecule has 0 heterocycles. The summed E-state index contributed by atoms with van der Waals surface area (Å²) in [7, 11) is 2.13. The van der Waals surface area contributed by atoms with Gasteiger partial charge in [-0.2, -0.15) is 0 Å². The van der Waals surface area contributed by atoms with Crippen LogP contribution in [0, 0.1) is 0 Å². The highest BCUT2D eigenvalue weighted by Crippen LogP contribution is 2.14. The molecule has 0 bridgehead atoms. The van der Waals surface area contributed by atoms with Gasteiger partial charge in [-0.1, -0.05) is 6.07 Å². The minimum atomic E-state index is -3.68. The number of carbonyl (C=O) groups excluding carboxylic acids is 3. The highest BCUT2D eigenvalue weighted by atomic mass is 32.2. The molecule has 0 atom stereocenters. The van der Waals surface area contributed by atoms with E-state index >= 15 is 0 Å². The molecule has 1 aromatic rings. The molecule has 0 aliphatic rings. The second kappa shape index (κ2) is 11.5. The van der Waals surface area contributed by atoms with Crippen molar-refractivity contribution in [3.05, 3.63) is 29.8 Å². The fourth-order valence-electron chi connectivity index (χ4n) is 2.21. The Morgan fingerprint density at radius 3 is 2.41 bits per heavy atom. The van der Waals surface area contributed by atoms with Crippen molar-refractivity contribution in [3.8, 4) is 0 Å². The second-order valence-electron chi connectivity index (χ2n) is 6.44. The van der Waals surface area contributed by atoms with E-state index in [1.54, 1.807) is 7.11 Å². The summed E-state index contributed by atoms with van der Waals surface area (Å²) in [6, 6.07) is 5.53. The average Bonchev–Trinajstić information content (AvgIpc) is 2.69. The maximum Gasteiger partial charge on any atom is 0.251 e. The van der Waals surface area contributed by atoms with Crippen LogP contribution in [0.3, 0.4) is 0 Å². The highest BCUT2D eigenvalue weighted by molar-refractivity contribution is 7.89. The van der Waals surface area contributed by atoms with Gasteiger partial charge in [0.15, 0.2) is 0 Å². The molecule has 0 aromatic heterocycles. The van der Waals surface area contributed by atoms with Gasteiger partial charge < -0.3 is 20.3 Å². The van der Waals surface area contributed by atoms with Crippen molar-refractivity contribution in [1.29, 1.82) is 0 Å². The molecule has 162 valence electrons. The van der Waals surface area contributed by atoms with E-state index in [4.69, 9.17) is 4.74 Å². The lowest BCUT2D eigenvalue weighted by Gasteiger charge is -2.17. The molecule has 3 amide bonds. The van der Waals surface area contributed by atoms with E-state index in [1.807, 2.05) is 0 Å². The summed E-state index contributed by atoms with van der Waals surface area (Å²) in [5.74, 6) is -1.36. The Morgan fingerprint density at radius 1 is 1.10 bits per heavy atom. The Hall–Kier alpha value is -2.50. The molecule has 0 saturated heterocycles. The molecule has 0 spiro atoms. The predicted octanol–water partition coefficient (Wildman–Crippen LogP) is -0.722. The van der Waals surface area contributed by atoms with E-state index in [1.165, 1.54) is 50.3 Å². The van der Waals surface area contributed by atoms with Gasteiger partial charge in [0, 0.05) is 47.0 Å². The number of sulfonamides is 1. The average molecular weight is 429 g/mol. The Morgan fingerprint density at radius 2 is 1.79 bits per heavy atom. The molecule has 0 aliphatic heterocycles. The first kappa shape index (κ1) is 24.5. The smallest absolute Gasteiger partial charge is 0.251 e. The first-order valence-corrected chi connectivity index (χ1v) is 10.3. The van der Waals surface area contributed by atoms with Crippen LogP contribution >= 0.6 is 0 Å². The van der Waals surface area contributed by atoms with Crippen molar-refractivity contribution in [1.82, 2.24) is 19.8 Å². The van der Waals surface area contributed by atoms with Crippen LogP contribution in [0.1, 0.15) is 16.8 Å². The minimum absolute atomic E-state index is 0.0243. The number of nitrogens with zero attached hydrogens (tertiary/aromatic N) is 2. The Bertz CT molecular complexity index is 825. The molecule has 10 nitrogen and oxygen atoms in total. The van der Waals surface area contributed by atoms with Crippen LogP contribution < -0.4 is 10.6 Å². The molecule has 29 heavy (non-hydrogen) atoms. The van der Waals surface area contributed by atoms with Crippen molar-refractivity contribution >= 4 is 27.7 Å². The molecule has 0 aliphatic carbocycles. The molecule has 0 unspecified atom stereocenters. The SMILES string of the molecule is COCCCNC(=O)CN(C)C(=O)CNC(=O)c1cccc(S(=O)(=O)N(C)C)c1. The summed E-state index contributed by atoms with van der Waals surface area (Å²) < 4.78 is 30.3. The maximum absolute atomic E-state index is 12.3. The lowest BCUT2D eigenvalue weighted by molar-refractivity contribution is -0.133. The molecular weight excluding hydrogens is 400 g/mol. The van der Waals surface area contributed by atoms with E-state index in [-0.39, 0.29) is 29.5 Å². The van der Waals surface area contributed by atoms with Gasteiger partial charge in [-0.15, -0.1) is 0 Å². The number of amides is 3. The highest BCUT2D eigenvalue weighted by Gasteiger charge is 2.19. The van der Waals surface area contributed by atoms with E-state index in [9.17, 15) is 22.8 Å². The van der Waals surface area contributed by atoms with E-state index in [0.717, 1.165) is 4.31 Å². The predicted molar refractivity (Wildman–Crippen MR) is 107 cm³/mol. The number of hydrogen-bond acceptors (Lipinski definition) is 6. The van der Waals surface area contributed by atoms with Gasteiger partial charge in [-0.3, -0.25) is 14.4 Å². The molecule has 1 rings (SSSR count). The van der Waals surface area contributed by atoms with Crippen LogP contribution in [0.2, 0.25) is 0 Å². The fourth-order valence-corrected chi connectivity index (χ4v) is 3.15. The topological polar surface area (TPSA) is 125 Å². The third kappa shape index (κ3) is 7.80. The lowest BCUT2D eigenvalue weighted by Crippen LogP contribution is -2.43. The summed E-state index contributed by atoms with van der Waals surface area (Å²) in [5.41, 5.74) is 0.110. The lowest BCUT2D eigenvalue weighted by atomic mass is 10.2. The zero-order chi connectivity index (χ0) is 22.0. The zero-order valence-electron chi connectivity index (χ0n) is 17.1. The standard InChI is InChI=1S/C18H28N4O6S/c1-21(2)29(26,27)15-8-5-7-14(11-15)18(25)20-12-17(24)22(3)13-16(23)19-9-6-10-28-4/h5,7-8,11H,6,9-10,12-13H2,1-4H3,(H,19,23)(H,20,25). The molecule has 0 saturated carbocycles. The second-order valence-corrected chi connectivity index (χ2v) is 8.60. The summed E-state index contributed by atoms with van der Waals surface area (Å²) >= 11 is 0. The molecule has 2 N–H and O–H groups in total. The summed E-state index contributed by atoms with van der Waals surface area (Å²) in [4.78, 5) is 37.3. The minimum Gasteiger partial charge on any atom is -0.385 e. The van der Waals surface area contributed by atoms with Crippen LogP contribution in [0.4, 0.5) is 0 Å². The van der Waals surface area contributed by atoms with E-state index in [2.05, 4.69) is 10.6 Å². The summed E-state index contributed by atoms with van der Waals surface area (Å²) in [6.07, 6.45) is 0.665. The van der Waals surface area contributed by atoms with Gasteiger partial charge >= 0.3 is 0 Å². The number of carbonyl (C=O) groups is 3. The maximum atomic E-state index is 12.3. The van der Waals surface area contributed by atoms with Crippen molar-refractivity contribution in [3.63, 3.8) is 0 Å². The van der Waals surface area contributed by atoms with Crippen LogP contribution in [0.15, 0.2) is 29.2 Å². The first-order valence-electron chi connectivity index (χ1n) is 8.90. The molecule has 0 radical (unpaired) electrons. The van der Waals surface area contributed by atoms with Crippen molar-refractivity contribution in [2.45, 2.75) is 11.3 Å². The number of hydrogen-bond donors (Lipinski definition) is 2. The number of nitrogens with one attached hydrogen (secondary N) is 2. The van der Waals surface area contributed by atoms with Gasteiger partial charge in [-0.25, -0.2) is 12.7 Å². The summed E-state index contributed by atoms with van der Waals surface area (Å²) in [5, 5.41) is 5.10. The van der Waals surface area contributed by atoms with Crippen LogP contribution in [-0.4, -0.2) is 89.8 Å². The van der Waals surface area contributed by atoms with Crippen molar-refractivity contribution < 1.29 is 27.5 Å². The van der Waals surface area contributed by atoms with Crippen LogP contribution in [-0.2, 0) is 24.3 Å². The fraction of sp³-hybridized carbons (Fsp3) is 0.500. The van der Waals surface area contributed by atoms with E-state index < -0.39 is 21.8 Å². The quantitative estimate of drug-likeness (QED) is 0.448. The Balaban J connectivity index is 2.57. The van der Waals surface area contributed by atoms with E-state index in [0.29, 0.717) is 19.6 Å². The van der Waals surface area contributed by atoms with Crippen LogP contribution in [0.5, 0.6) is 0 Å². The van der Waals surface area contributed by atoms with Gasteiger partial charge in [-0.05, 0) is 24.6 Å². The Kier molecular flexibility index (Phi) is 9.72. The van der Waals surface area contributed by atoms with Crippen molar-refractivity contribution in [2.75, 3.05) is 54.5 Å². The first-order chi connectivity index (χ1) is 13.6. The van der Waals surface area contributed by atoms with Crippen molar-refractivity contribution in [2.24, 2.45) is 0 Å². The number of benzene rings is 1. The van der Waals surface area contributed by atoms with Gasteiger partial charge in [0.05, 0.1) is 18.0 Å². The Labute approximate surface area is 171 Å². The zero-order valence-corrected chi connectivity index (χ0v) is 17.9. The number of likely N-dealkylation sites (N-methyl/N-ethyl adjacent to an activating group) is 1. The number of methoxy groups -OCH3 is 1. The third-order valence-electron chi connectivity index (χ3n) is 3.93. The third-order valence-corrected chi connectivity index (χ3v) is 5.74. The molecule has 1 aromatic carbocycles. The summed E-state index contributed by atoms with van der Waals surface area (Å²) in [6.45, 7) is 0.505. The number of rotatable bonds is 11.